The predicted octanol–water partition coefficient (Wildman–Crippen LogP) is 3.86. The van der Waals surface area contributed by atoms with Crippen molar-refractivity contribution < 1.29 is 24.3 Å². The quantitative estimate of drug-likeness (QED) is 0.309. The molecule has 3 atom stereocenters. The molecule has 3 unspecified atom stereocenters. The fourth-order valence-corrected chi connectivity index (χ4v) is 4.61. The molecule has 3 aromatic carbocycles. The first kappa shape index (κ1) is 22.2. The number of hydroxylamine groups is 1. The van der Waals surface area contributed by atoms with Crippen molar-refractivity contribution in [1.29, 1.82) is 0 Å². The van der Waals surface area contributed by atoms with E-state index < -0.39 is 39.7 Å². The van der Waals surface area contributed by atoms with Crippen molar-refractivity contribution in [2.45, 2.75) is 19.1 Å². The van der Waals surface area contributed by atoms with Gasteiger partial charge in [0.1, 0.15) is 11.6 Å². The molecule has 0 aromatic heterocycles. The molecular weight excluding hydrogens is 456 g/mol. The molecule has 176 valence electrons. The number of hydrogen-bond acceptors (Lipinski definition) is 8. The van der Waals surface area contributed by atoms with E-state index >= 15 is 0 Å². The Balaban J connectivity index is 1.62. The fraction of sp³-hybridized carbons (Fsp3) is 0.167. The zero-order valence-corrected chi connectivity index (χ0v) is 18.3. The molecule has 2 amide bonds. The number of nitro benzene ring substituents is 2. The number of para-hydroxylation sites is 3. The van der Waals surface area contributed by atoms with Crippen LogP contribution in [0.1, 0.15) is 17.2 Å². The van der Waals surface area contributed by atoms with Gasteiger partial charge in [0.15, 0.2) is 6.10 Å². The molecular formula is C24H18N4O7. The smallest absolute Gasteiger partial charge is 0.273 e. The predicted molar refractivity (Wildman–Crippen MR) is 123 cm³/mol. The number of nitrogens with zero attached hydrogens (tertiary/aromatic N) is 4. The minimum Gasteiger partial charge on any atom is -0.273 e. The number of nitro groups is 2. The van der Waals surface area contributed by atoms with Crippen molar-refractivity contribution in [3.8, 4) is 0 Å². The minimum atomic E-state index is -1.22. The fourth-order valence-electron chi connectivity index (χ4n) is 4.61. The van der Waals surface area contributed by atoms with Crippen LogP contribution in [0.2, 0.25) is 0 Å². The van der Waals surface area contributed by atoms with Gasteiger partial charge in [0, 0.05) is 18.2 Å². The topological polar surface area (TPSA) is 136 Å². The second kappa shape index (κ2) is 8.29. The average Bonchev–Trinajstić information content (AvgIpc) is 3.35. The highest BCUT2D eigenvalue weighted by Crippen LogP contribution is 2.49. The zero-order chi connectivity index (χ0) is 24.9. The number of carbonyl (C=O) groups is 2. The third-order valence-corrected chi connectivity index (χ3v) is 6.23. The lowest BCUT2D eigenvalue weighted by Gasteiger charge is -2.29. The molecule has 5 rings (SSSR count). The molecule has 0 spiro atoms. The Hall–Kier alpha value is -4.64. The summed E-state index contributed by atoms with van der Waals surface area (Å²) < 4.78 is 0. The van der Waals surface area contributed by atoms with Gasteiger partial charge < -0.3 is 0 Å². The van der Waals surface area contributed by atoms with E-state index in [4.69, 9.17) is 4.84 Å². The standard InChI is InChI=1S/C24H18N4O7/c1-14-6-2-3-7-17(14)26-21(15-10-12-16(13-11-15)27(31)32)20-22(35-26)24(30)25(23(20)29)18-8-4-5-9-19(18)28(33)34/h2-13,20-22H,1H3. The number of benzene rings is 3. The summed E-state index contributed by atoms with van der Waals surface area (Å²) in [5.41, 5.74) is 1.35. The van der Waals surface area contributed by atoms with Crippen LogP contribution in [-0.4, -0.2) is 27.8 Å². The largest absolute Gasteiger partial charge is 0.293 e. The summed E-state index contributed by atoms with van der Waals surface area (Å²) in [5, 5.41) is 24.2. The van der Waals surface area contributed by atoms with Crippen LogP contribution in [0.25, 0.3) is 0 Å². The third-order valence-electron chi connectivity index (χ3n) is 6.23. The lowest BCUT2D eigenvalue weighted by Crippen LogP contribution is -2.37. The Labute approximate surface area is 198 Å². The highest BCUT2D eigenvalue weighted by atomic mass is 16.7. The van der Waals surface area contributed by atoms with Crippen LogP contribution >= 0.6 is 0 Å². The van der Waals surface area contributed by atoms with Crippen molar-refractivity contribution in [1.82, 2.24) is 0 Å². The van der Waals surface area contributed by atoms with Crippen molar-refractivity contribution >= 4 is 34.6 Å². The lowest BCUT2D eigenvalue weighted by atomic mass is 9.90. The third kappa shape index (κ3) is 3.49. The molecule has 0 saturated carbocycles. The Kier molecular flexibility index (Phi) is 5.25. The maximum Gasteiger partial charge on any atom is 0.293 e. The van der Waals surface area contributed by atoms with E-state index in [1.54, 1.807) is 12.1 Å². The van der Waals surface area contributed by atoms with E-state index in [0.29, 0.717) is 11.3 Å². The second-order valence-electron chi connectivity index (χ2n) is 8.22. The first-order valence-corrected chi connectivity index (χ1v) is 10.7. The van der Waals surface area contributed by atoms with Gasteiger partial charge in [-0.3, -0.25) is 34.7 Å². The van der Waals surface area contributed by atoms with E-state index in [-0.39, 0.29) is 17.1 Å². The van der Waals surface area contributed by atoms with E-state index in [1.807, 2.05) is 19.1 Å². The maximum absolute atomic E-state index is 13.7. The molecule has 0 radical (unpaired) electrons. The van der Waals surface area contributed by atoms with Gasteiger partial charge in [0.25, 0.3) is 17.3 Å². The molecule has 11 nitrogen and oxygen atoms in total. The molecule has 0 aliphatic carbocycles. The molecule has 2 fully saturated rings. The number of fused-ring (bicyclic) bond motifs is 1. The minimum absolute atomic E-state index is 0.123. The summed E-state index contributed by atoms with van der Waals surface area (Å²) in [6, 6.07) is 17.6. The van der Waals surface area contributed by atoms with Gasteiger partial charge in [-0.25, -0.2) is 9.96 Å². The number of non-ortho nitro benzene ring substituents is 1. The summed E-state index contributed by atoms with van der Waals surface area (Å²) in [6.07, 6.45) is -1.22. The van der Waals surface area contributed by atoms with Crippen molar-refractivity contribution in [2.75, 3.05) is 9.96 Å². The van der Waals surface area contributed by atoms with Crippen molar-refractivity contribution in [3.63, 3.8) is 0 Å². The molecule has 2 aliphatic heterocycles. The van der Waals surface area contributed by atoms with E-state index in [0.717, 1.165) is 10.5 Å². The van der Waals surface area contributed by atoms with Gasteiger partial charge in [-0.1, -0.05) is 42.5 Å². The highest BCUT2D eigenvalue weighted by Gasteiger charge is 2.61. The van der Waals surface area contributed by atoms with Crippen molar-refractivity contribution in [3.05, 3.63) is 104 Å². The molecule has 3 aromatic rings. The number of amides is 2. The Morgan fingerprint density at radius 3 is 2.06 bits per heavy atom. The Morgan fingerprint density at radius 2 is 1.43 bits per heavy atom. The van der Waals surface area contributed by atoms with Crippen LogP contribution in [0.3, 0.4) is 0 Å². The molecule has 2 aliphatic rings. The SMILES string of the molecule is Cc1ccccc1N1OC2C(=O)N(c3ccccc3[N+](=O)[O-])C(=O)C2C1c1ccc([N+](=O)[O-])cc1. The van der Waals surface area contributed by atoms with E-state index in [2.05, 4.69) is 0 Å². The normalized spacial score (nSPS) is 21.3. The summed E-state index contributed by atoms with van der Waals surface area (Å²) in [6.45, 7) is 1.85. The van der Waals surface area contributed by atoms with Crippen LogP contribution in [-0.2, 0) is 14.4 Å². The van der Waals surface area contributed by atoms with Crippen molar-refractivity contribution in [2.24, 2.45) is 5.92 Å². The lowest BCUT2D eigenvalue weighted by molar-refractivity contribution is -0.384. The number of carbonyl (C=O) groups excluding carboxylic acids is 2. The van der Waals surface area contributed by atoms with Crippen LogP contribution in [0.15, 0.2) is 72.8 Å². The molecule has 0 N–H and O–H groups in total. The van der Waals surface area contributed by atoms with Gasteiger partial charge in [0.2, 0.25) is 5.91 Å². The first-order valence-electron chi connectivity index (χ1n) is 10.7. The molecule has 2 saturated heterocycles. The monoisotopic (exact) mass is 474 g/mol. The second-order valence-corrected chi connectivity index (χ2v) is 8.22. The highest BCUT2D eigenvalue weighted by molar-refractivity contribution is 6.24. The van der Waals surface area contributed by atoms with Crippen LogP contribution in [0.4, 0.5) is 22.7 Å². The number of imide groups is 1. The molecule has 35 heavy (non-hydrogen) atoms. The van der Waals surface area contributed by atoms with Crippen LogP contribution in [0, 0.1) is 33.1 Å². The van der Waals surface area contributed by atoms with Gasteiger partial charge in [-0.15, -0.1) is 0 Å². The summed E-state index contributed by atoms with van der Waals surface area (Å²) >= 11 is 0. The average molecular weight is 474 g/mol. The summed E-state index contributed by atoms with van der Waals surface area (Å²) in [5.74, 6) is -2.38. The van der Waals surface area contributed by atoms with Gasteiger partial charge >= 0.3 is 0 Å². The zero-order valence-electron chi connectivity index (χ0n) is 18.3. The summed E-state index contributed by atoms with van der Waals surface area (Å²) in [7, 11) is 0. The first-order chi connectivity index (χ1) is 16.8. The number of rotatable bonds is 5. The number of hydrogen-bond donors (Lipinski definition) is 0. The summed E-state index contributed by atoms with van der Waals surface area (Å²) in [4.78, 5) is 55.4. The van der Waals surface area contributed by atoms with Gasteiger partial charge in [-0.05, 0) is 30.2 Å². The Morgan fingerprint density at radius 1 is 0.800 bits per heavy atom. The molecule has 0 bridgehead atoms. The van der Waals surface area contributed by atoms with E-state index in [9.17, 15) is 29.8 Å². The molecule has 2 heterocycles. The van der Waals surface area contributed by atoms with Gasteiger partial charge in [0.05, 0.1) is 21.6 Å². The van der Waals surface area contributed by atoms with Gasteiger partial charge in [-0.2, -0.15) is 0 Å². The number of aryl methyl sites for hydroxylation is 1. The number of anilines is 2. The Bertz CT molecular complexity index is 1370. The van der Waals surface area contributed by atoms with E-state index in [1.165, 1.54) is 53.6 Å². The van der Waals surface area contributed by atoms with Crippen LogP contribution in [0.5, 0.6) is 0 Å². The molecule has 11 heteroatoms. The van der Waals surface area contributed by atoms with Crippen LogP contribution < -0.4 is 9.96 Å². The maximum atomic E-state index is 13.7.